The van der Waals surface area contributed by atoms with Gasteiger partial charge in [-0.05, 0) is 35.9 Å². The Bertz CT molecular complexity index is 1110. The van der Waals surface area contributed by atoms with Crippen LogP contribution in [0.2, 0.25) is 5.02 Å². The third-order valence-corrected chi connectivity index (χ3v) is 5.07. The second-order valence-electron chi connectivity index (χ2n) is 6.65. The van der Waals surface area contributed by atoms with Crippen molar-refractivity contribution in [1.82, 2.24) is 15.2 Å². The summed E-state index contributed by atoms with van der Waals surface area (Å²) in [5, 5.41) is 6.64. The highest BCUT2D eigenvalue weighted by atomic mass is 35.5. The summed E-state index contributed by atoms with van der Waals surface area (Å²) in [6, 6.07) is 14.6. The zero-order valence-corrected chi connectivity index (χ0v) is 16.0. The number of benzene rings is 2. The van der Waals surface area contributed by atoms with Crippen LogP contribution < -0.4 is 10.6 Å². The number of carbonyl (C=O) groups is 3. The smallest absolute Gasteiger partial charge is 0.325 e. The van der Waals surface area contributed by atoms with Crippen molar-refractivity contribution >= 4 is 46.0 Å². The van der Waals surface area contributed by atoms with Crippen molar-refractivity contribution in [2.45, 2.75) is 19.0 Å². The molecular formula is C21H17ClN4O3. The first-order valence-electron chi connectivity index (χ1n) is 9.02. The fourth-order valence-electron chi connectivity index (χ4n) is 3.26. The first-order chi connectivity index (χ1) is 14.0. The van der Waals surface area contributed by atoms with E-state index in [4.69, 9.17) is 11.6 Å². The minimum Gasteiger partial charge on any atom is -0.325 e. The van der Waals surface area contributed by atoms with Gasteiger partial charge in [0.15, 0.2) is 0 Å². The third-order valence-electron chi connectivity index (χ3n) is 4.70. The minimum atomic E-state index is -0.918. The number of hydrogen-bond donors (Lipinski definition) is 2. The minimum absolute atomic E-state index is 0.0530. The molecule has 0 spiro atoms. The van der Waals surface area contributed by atoms with Crippen molar-refractivity contribution in [2.24, 2.45) is 0 Å². The van der Waals surface area contributed by atoms with Gasteiger partial charge in [-0.1, -0.05) is 35.9 Å². The number of carbonyl (C=O) groups excluding carboxylic acids is 3. The number of fused-ring (bicyclic) bond motifs is 1. The van der Waals surface area contributed by atoms with E-state index in [2.05, 4.69) is 15.6 Å². The average Bonchev–Trinajstić information content (AvgIpc) is 2.97. The van der Waals surface area contributed by atoms with E-state index in [1.165, 1.54) is 0 Å². The Morgan fingerprint density at radius 2 is 1.93 bits per heavy atom. The number of nitrogens with one attached hydrogen (secondary N) is 2. The Morgan fingerprint density at radius 1 is 1.10 bits per heavy atom. The number of nitrogens with zero attached hydrogens (tertiary/aromatic N) is 2. The molecule has 2 aromatic carbocycles. The van der Waals surface area contributed by atoms with Crippen LogP contribution in [0.4, 0.5) is 10.5 Å². The highest BCUT2D eigenvalue weighted by molar-refractivity contribution is 6.31. The van der Waals surface area contributed by atoms with Gasteiger partial charge in [0, 0.05) is 16.6 Å². The van der Waals surface area contributed by atoms with E-state index in [0.29, 0.717) is 16.3 Å². The van der Waals surface area contributed by atoms with Crippen LogP contribution in [0.1, 0.15) is 12.0 Å². The third kappa shape index (κ3) is 3.90. The molecule has 4 amide bonds. The molecule has 1 unspecified atom stereocenters. The Labute approximate surface area is 171 Å². The van der Waals surface area contributed by atoms with Crippen LogP contribution in [0.25, 0.3) is 10.9 Å². The van der Waals surface area contributed by atoms with Crippen LogP contribution in [0.5, 0.6) is 0 Å². The van der Waals surface area contributed by atoms with Crippen molar-refractivity contribution in [2.75, 3.05) is 5.32 Å². The van der Waals surface area contributed by atoms with Gasteiger partial charge in [0.05, 0.1) is 24.2 Å². The molecule has 0 saturated carbocycles. The molecule has 1 fully saturated rings. The highest BCUT2D eigenvalue weighted by Crippen LogP contribution is 2.23. The maximum absolute atomic E-state index is 12.6. The Balaban J connectivity index is 1.44. The first kappa shape index (κ1) is 18.9. The van der Waals surface area contributed by atoms with Crippen LogP contribution in [0.3, 0.4) is 0 Å². The molecule has 8 heteroatoms. The Kier molecular flexibility index (Phi) is 5.14. The number of aromatic nitrogens is 1. The number of urea groups is 1. The van der Waals surface area contributed by atoms with Crippen LogP contribution in [-0.4, -0.2) is 33.8 Å². The lowest BCUT2D eigenvalue weighted by molar-refractivity contribution is -0.130. The molecule has 1 aliphatic rings. The van der Waals surface area contributed by atoms with Gasteiger partial charge in [0.2, 0.25) is 5.91 Å². The lowest BCUT2D eigenvalue weighted by Crippen LogP contribution is -2.34. The van der Waals surface area contributed by atoms with E-state index < -0.39 is 18.0 Å². The fourth-order valence-corrected chi connectivity index (χ4v) is 3.46. The number of halogens is 1. The molecular weight excluding hydrogens is 392 g/mol. The molecule has 7 nitrogen and oxygen atoms in total. The molecule has 1 aliphatic heterocycles. The topological polar surface area (TPSA) is 91.4 Å². The number of anilines is 1. The molecule has 29 heavy (non-hydrogen) atoms. The number of imide groups is 1. The van der Waals surface area contributed by atoms with E-state index in [0.717, 1.165) is 15.8 Å². The van der Waals surface area contributed by atoms with Gasteiger partial charge in [-0.25, -0.2) is 4.79 Å². The molecule has 1 atom stereocenters. The SMILES string of the molecule is O=C(CC1NC(=O)N(Cc2ccccc2Cl)C1=O)Nc1cccc2ncccc12. The summed E-state index contributed by atoms with van der Waals surface area (Å²) in [5.41, 5.74) is 2.01. The normalized spacial score (nSPS) is 16.2. The predicted molar refractivity (Wildman–Crippen MR) is 109 cm³/mol. The first-order valence-corrected chi connectivity index (χ1v) is 9.39. The Hall–Kier alpha value is -3.45. The number of pyridine rings is 1. The summed E-state index contributed by atoms with van der Waals surface area (Å²) in [5.74, 6) is -0.829. The van der Waals surface area contributed by atoms with Crippen LogP contribution in [0.15, 0.2) is 60.8 Å². The number of rotatable bonds is 5. The molecule has 0 aliphatic carbocycles. The van der Waals surface area contributed by atoms with Crippen molar-refractivity contribution in [3.8, 4) is 0 Å². The van der Waals surface area contributed by atoms with Gasteiger partial charge in [0.1, 0.15) is 6.04 Å². The second kappa shape index (κ2) is 7.89. The summed E-state index contributed by atoms with van der Waals surface area (Å²) >= 11 is 6.12. The van der Waals surface area contributed by atoms with Crippen molar-refractivity contribution in [3.05, 3.63) is 71.4 Å². The van der Waals surface area contributed by atoms with E-state index >= 15 is 0 Å². The lowest BCUT2D eigenvalue weighted by Gasteiger charge is -2.14. The summed E-state index contributed by atoms with van der Waals surface area (Å²) < 4.78 is 0. The lowest BCUT2D eigenvalue weighted by atomic mass is 10.1. The van der Waals surface area contributed by atoms with Gasteiger partial charge in [0.25, 0.3) is 5.91 Å². The van der Waals surface area contributed by atoms with E-state index in [1.807, 2.05) is 12.1 Å². The van der Waals surface area contributed by atoms with Crippen molar-refractivity contribution < 1.29 is 14.4 Å². The molecule has 2 heterocycles. The highest BCUT2D eigenvalue weighted by Gasteiger charge is 2.39. The van der Waals surface area contributed by atoms with Crippen LogP contribution >= 0.6 is 11.6 Å². The van der Waals surface area contributed by atoms with Gasteiger partial charge < -0.3 is 10.6 Å². The summed E-state index contributed by atoms with van der Waals surface area (Å²) in [6.45, 7) is 0.0530. The molecule has 1 aromatic heterocycles. The summed E-state index contributed by atoms with van der Waals surface area (Å²) in [7, 11) is 0. The molecule has 3 aromatic rings. The second-order valence-corrected chi connectivity index (χ2v) is 7.05. The largest absolute Gasteiger partial charge is 0.325 e. The van der Waals surface area contributed by atoms with Crippen molar-refractivity contribution in [3.63, 3.8) is 0 Å². The molecule has 1 saturated heterocycles. The maximum Gasteiger partial charge on any atom is 0.325 e. The van der Waals surface area contributed by atoms with Crippen molar-refractivity contribution in [1.29, 1.82) is 0 Å². The quantitative estimate of drug-likeness (QED) is 0.633. The predicted octanol–water partition coefficient (Wildman–Crippen LogP) is 3.34. The summed E-state index contributed by atoms with van der Waals surface area (Å²) in [6.07, 6.45) is 1.51. The van der Waals surface area contributed by atoms with E-state index in [1.54, 1.807) is 48.7 Å². The summed E-state index contributed by atoms with van der Waals surface area (Å²) in [4.78, 5) is 42.7. The zero-order chi connectivity index (χ0) is 20.4. The van der Waals surface area contributed by atoms with E-state index in [9.17, 15) is 14.4 Å². The van der Waals surface area contributed by atoms with Gasteiger partial charge in [-0.2, -0.15) is 0 Å². The Morgan fingerprint density at radius 3 is 2.76 bits per heavy atom. The van der Waals surface area contributed by atoms with Gasteiger partial charge >= 0.3 is 6.03 Å². The van der Waals surface area contributed by atoms with Crippen LogP contribution in [-0.2, 0) is 16.1 Å². The maximum atomic E-state index is 12.6. The van der Waals surface area contributed by atoms with Gasteiger partial charge in [-0.3, -0.25) is 19.5 Å². The molecule has 0 radical (unpaired) electrons. The standard InChI is InChI=1S/C21H17ClN4O3/c22-15-7-2-1-5-13(15)12-26-20(28)18(25-21(26)29)11-19(27)24-17-9-3-8-16-14(17)6-4-10-23-16/h1-10,18H,11-12H2,(H,24,27)(H,25,29). The molecule has 0 bridgehead atoms. The van der Waals surface area contributed by atoms with Crippen LogP contribution in [0, 0.1) is 0 Å². The van der Waals surface area contributed by atoms with Gasteiger partial charge in [-0.15, -0.1) is 0 Å². The monoisotopic (exact) mass is 408 g/mol. The molecule has 2 N–H and O–H groups in total. The molecule has 4 rings (SSSR count). The average molecular weight is 409 g/mol. The van der Waals surface area contributed by atoms with E-state index in [-0.39, 0.29) is 18.9 Å². The fraction of sp³-hybridized carbons (Fsp3) is 0.143. The zero-order valence-electron chi connectivity index (χ0n) is 15.3. The molecule has 146 valence electrons. The number of amides is 4. The number of hydrogen-bond acceptors (Lipinski definition) is 4.